The molecule has 1 aliphatic rings. The summed E-state index contributed by atoms with van der Waals surface area (Å²) in [6, 6.07) is 15.4. The summed E-state index contributed by atoms with van der Waals surface area (Å²) < 4.78 is 28.8. The van der Waals surface area contributed by atoms with Crippen molar-refractivity contribution in [2.45, 2.75) is 63.3 Å². The fourth-order valence-electron chi connectivity index (χ4n) is 4.07. The van der Waals surface area contributed by atoms with Crippen molar-refractivity contribution >= 4 is 0 Å². The van der Waals surface area contributed by atoms with Crippen LogP contribution in [0.2, 0.25) is 0 Å². The largest absolute Gasteiger partial charge is 0.497 e. The van der Waals surface area contributed by atoms with E-state index in [1.165, 1.54) is 0 Å². The Morgan fingerprint density at radius 2 is 1.42 bits per heavy atom. The molecule has 2 aromatic carbocycles. The maximum atomic E-state index is 10.6. The quantitative estimate of drug-likeness (QED) is 0.497. The van der Waals surface area contributed by atoms with Crippen molar-refractivity contribution in [3.8, 4) is 11.5 Å². The van der Waals surface area contributed by atoms with E-state index in [2.05, 4.69) is 0 Å². The molecule has 0 unspecified atom stereocenters. The number of ether oxygens (including phenoxy) is 5. The lowest BCUT2D eigenvalue weighted by molar-refractivity contribution is -0.286. The molecule has 0 amide bonds. The van der Waals surface area contributed by atoms with E-state index in [0.29, 0.717) is 32.7 Å². The van der Waals surface area contributed by atoms with Gasteiger partial charge in [-0.05, 0) is 49.2 Å². The zero-order chi connectivity index (χ0) is 23.9. The molecule has 2 aromatic rings. The van der Waals surface area contributed by atoms with Gasteiger partial charge in [-0.15, -0.1) is 0 Å². The minimum absolute atomic E-state index is 0.276. The molecule has 3 rings (SSSR count). The molecule has 7 nitrogen and oxygen atoms in total. The fraction of sp³-hybridized carbons (Fsp3) is 0.538. The molecular weight excluding hydrogens is 424 g/mol. The van der Waals surface area contributed by atoms with Crippen LogP contribution in [-0.4, -0.2) is 61.1 Å². The predicted octanol–water partition coefficient (Wildman–Crippen LogP) is 3.49. The Bertz CT molecular complexity index is 854. The molecule has 1 saturated heterocycles. The van der Waals surface area contributed by atoms with Gasteiger partial charge in [-0.1, -0.05) is 24.3 Å². The first-order chi connectivity index (χ1) is 15.8. The first-order valence-electron chi connectivity index (χ1n) is 11.3. The van der Waals surface area contributed by atoms with E-state index < -0.39 is 17.3 Å². The molecule has 182 valence electrons. The lowest BCUT2D eigenvalue weighted by Crippen LogP contribution is -2.62. The van der Waals surface area contributed by atoms with Crippen LogP contribution in [0.4, 0.5) is 0 Å². The topological polar surface area (TPSA) is 86.6 Å². The van der Waals surface area contributed by atoms with Gasteiger partial charge in [0.05, 0.1) is 51.8 Å². The van der Waals surface area contributed by atoms with Gasteiger partial charge in [0.2, 0.25) is 0 Å². The Kier molecular flexibility index (Phi) is 8.73. The average molecular weight is 461 g/mol. The van der Waals surface area contributed by atoms with Crippen LogP contribution in [0.15, 0.2) is 48.5 Å². The van der Waals surface area contributed by atoms with Crippen LogP contribution >= 0.6 is 0 Å². The predicted molar refractivity (Wildman–Crippen MR) is 124 cm³/mol. The smallest absolute Gasteiger partial charge is 0.118 e. The van der Waals surface area contributed by atoms with Crippen molar-refractivity contribution in [3.63, 3.8) is 0 Å². The highest BCUT2D eigenvalue weighted by molar-refractivity contribution is 5.27. The van der Waals surface area contributed by atoms with Gasteiger partial charge in [0, 0.05) is 19.4 Å². The van der Waals surface area contributed by atoms with Gasteiger partial charge >= 0.3 is 0 Å². The maximum absolute atomic E-state index is 10.6. The molecule has 1 fully saturated rings. The van der Waals surface area contributed by atoms with E-state index in [1.807, 2.05) is 55.5 Å². The Labute approximate surface area is 196 Å². The van der Waals surface area contributed by atoms with E-state index in [1.54, 1.807) is 21.1 Å². The molecule has 7 heteroatoms. The Hall–Kier alpha value is -2.16. The van der Waals surface area contributed by atoms with Crippen LogP contribution in [0.3, 0.4) is 0 Å². The molecule has 1 heterocycles. The van der Waals surface area contributed by atoms with Crippen molar-refractivity contribution < 1.29 is 33.9 Å². The van der Waals surface area contributed by atoms with Crippen molar-refractivity contribution in [1.82, 2.24) is 0 Å². The molecule has 0 bridgehead atoms. The van der Waals surface area contributed by atoms with Gasteiger partial charge in [-0.2, -0.15) is 0 Å². The molecule has 1 aliphatic heterocycles. The summed E-state index contributed by atoms with van der Waals surface area (Å²) in [5.41, 5.74) is 0.265. The summed E-state index contributed by atoms with van der Waals surface area (Å²) in [5.74, 6) is 1.59. The first-order valence-corrected chi connectivity index (χ1v) is 11.3. The summed E-state index contributed by atoms with van der Waals surface area (Å²) in [5, 5.41) is 20.5. The molecule has 0 spiro atoms. The van der Waals surface area contributed by atoms with E-state index in [9.17, 15) is 10.2 Å². The maximum Gasteiger partial charge on any atom is 0.118 e. The van der Waals surface area contributed by atoms with Crippen LogP contribution in [-0.2, 0) is 27.4 Å². The summed E-state index contributed by atoms with van der Waals surface area (Å²) in [6.07, 6.45) is -0.281. The molecule has 33 heavy (non-hydrogen) atoms. The SMILES string of the molecule is COc1ccc(COCC[C@]2(C)O[C@](C)(CO)[C@@H](O)C[C@H]2OCc2ccc(OC)cc2)cc1. The zero-order valence-electron chi connectivity index (χ0n) is 20.0. The minimum Gasteiger partial charge on any atom is -0.497 e. The monoisotopic (exact) mass is 460 g/mol. The van der Waals surface area contributed by atoms with E-state index >= 15 is 0 Å². The lowest BCUT2D eigenvalue weighted by atomic mass is 9.81. The molecular formula is C26H36O7. The van der Waals surface area contributed by atoms with Crippen molar-refractivity contribution in [2.75, 3.05) is 27.4 Å². The number of hydrogen-bond donors (Lipinski definition) is 2. The van der Waals surface area contributed by atoms with Crippen LogP contribution in [0.25, 0.3) is 0 Å². The number of benzene rings is 2. The Morgan fingerprint density at radius 1 is 0.879 bits per heavy atom. The van der Waals surface area contributed by atoms with Gasteiger partial charge in [0.1, 0.15) is 17.1 Å². The zero-order valence-corrected chi connectivity index (χ0v) is 20.0. The number of aliphatic hydroxyl groups is 2. The van der Waals surface area contributed by atoms with E-state index in [4.69, 9.17) is 23.7 Å². The number of rotatable bonds is 11. The van der Waals surface area contributed by atoms with Crippen LogP contribution in [0.5, 0.6) is 11.5 Å². The van der Waals surface area contributed by atoms with Gasteiger partial charge in [0.15, 0.2) is 0 Å². The molecule has 0 aliphatic carbocycles. The van der Waals surface area contributed by atoms with E-state index in [0.717, 1.165) is 22.6 Å². The lowest BCUT2D eigenvalue weighted by Gasteiger charge is -2.51. The average Bonchev–Trinajstić information content (AvgIpc) is 2.84. The molecule has 4 atom stereocenters. The van der Waals surface area contributed by atoms with Gasteiger partial charge in [-0.25, -0.2) is 0 Å². The minimum atomic E-state index is -1.05. The number of methoxy groups -OCH3 is 2. The number of aliphatic hydroxyl groups excluding tert-OH is 2. The third-order valence-corrected chi connectivity index (χ3v) is 6.38. The Morgan fingerprint density at radius 3 is 1.94 bits per heavy atom. The van der Waals surface area contributed by atoms with Crippen LogP contribution in [0, 0.1) is 0 Å². The Balaban J connectivity index is 1.61. The molecule has 0 aromatic heterocycles. The highest BCUT2D eigenvalue weighted by Gasteiger charge is 2.51. The summed E-state index contributed by atoms with van der Waals surface area (Å²) in [7, 11) is 3.27. The second-order valence-corrected chi connectivity index (χ2v) is 8.94. The summed E-state index contributed by atoms with van der Waals surface area (Å²) in [4.78, 5) is 0. The summed E-state index contributed by atoms with van der Waals surface area (Å²) >= 11 is 0. The fourth-order valence-corrected chi connectivity index (χ4v) is 4.07. The molecule has 0 radical (unpaired) electrons. The first kappa shape index (κ1) is 25.5. The standard InChI is InChI=1S/C26H36O7/c1-25(13-14-31-16-19-5-9-21(29-3)10-6-19)24(15-23(28)26(2,18-27)33-25)32-17-20-7-11-22(30-4)12-8-20/h5-12,23-24,27-28H,13-18H2,1-4H3/t23-,24+,25-,26+/m0/s1. The second-order valence-electron chi connectivity index (χ2n) is 8.94. The van der Waals surface area contributed by atoms with Crippen molar-refractivity contribution in [1.29, 1.82) is 0 Å². The van der Waals surface area contributed by atoms with Crippen LogP contribution in [0.1, 0.15) is 37.8 Å². The van der Waals surface area contributed by atoms with Crippen molar-refractivity contribution in [3.05, 3.63) is 59.7 Å². The van der Waals surface area contributed by atoms with Gasteiger partial charge in [0.25, 0.3) is 0 Å². The van der Waals surface area contributed by atoms with Crippen LogP contribution < -0.4 is 9.47 Å². The van der Waals surface area contributed by atoms with Gasteiger partial charge in [-0.3, -0.25) is 0 Å². The summed E-state index contributed by atoms with van der Waals surface area (Å²) in [6.45, 7) is 4.71. The third kappa shape index (κ3) is 6.46. The normalized spacial score (nSPS) is 27.3. The highest BCUT2D eigenvalue weighted by Crippen LogP contribution is 2.40. The molecule has 0 saturated carbocycles. The van der Waals surface area contributed by atoms with E-state index in [-0.39, 0.29) is 12.7 Å². The molecule has 2 N–H and O–H groups in total. The highest BCUT2D eigenvalue weighted by atomic mass is 16.6. The van der Waals surface area contributed by atoms with Gasteiger partial charge < -0.3 is 33.9 Å². The van der Waals surface area contributed by atoms with Crippen molar-refractivity contribution in [2.24, 2.45) is 0 Å². The second kappa shape index (κ2) is 11.3. The number of hydrogen-bond acceptors (Lipinski definition) is 7. The third-order valence-electron chi connectivity index (χ3n) is 6.38.